The molecule has 0 amide bonds. The number of hydrogen-bond acceptors (Lipinski definition) is 1. The van der Waals surface area contributed by atoms with Crippen molar-refractivity contribution in [3.05, 3.63) is 35.4 Å². The van der Waals surface area contributed by atoms with Crippen LogP contribution in [0.25, 0.3) is 0 Å². The highest BCUT2D eigenvalue weighted by Crippen LogP contribution is 2.59. The van der Waals surface area contributed by atoms with E-state index in [4.69, 9.17) is 0 Å². The standard InChI is InChI=1S/C25H38O/c1-3-5-6-13-24(26)21-16-14-20(15-17-21)23-12-9-11-22-10-7-8-19-25(22,23)18-4-2/h14-17,22-23H,3-13,18-19H2,1-2H3/t22-,23?,25+/m1/s1. The van der Waals surface area contributed by atoms with Crippen molar-refractivity contribution in [1.82, 2.24) is 0 Å². The van der Waals surface area contributed by atoms with Gasteiger partial charge in [-0.25, -0.2) is 0 Å². The van der Waals surface area contributed by atoms with E-state index in [1.165, 1.54) is 69.8 Å². The van der Waals surface area contributed by atoms with Gasteiger partial charge in [0.05, 0.1) is 0 Å². The van der Waals surface area contributed by atoms with Gasteiger partial charge in [0.25, 0.3) is 0 Å². The van der Waals surface area contributed by atoms with Gasteiger partial charge in [0.2, 0.25) is 0 Å². The van der Waals surface area contributed by atoms with E-state index in [1.807, 2.05) is 0 Å². The lowest BCUT2D eigenvalue weighted by Gasteiger charge is -2.53. The van der Waals surface area contributed by atoms with Crippen LogP contribution in [0.15, 0.2) is 24.3 Å². The Bertz CT molecular complexity index is 566. The summed E-state index contributed by atoms with van der Waals surface area (Å²) in [5, 5.41) is 0. The van der Waals surface area contributed by atoms with Crippen LogP contribution in [0, 0.1) is 11.3 Å². The highest BCUT2D eigenvalue weighted by Gasteiger charge is 2.47. The average molecular weight is 355 g/mol. The lowest BCUT2D eigenvalue weighted by molar-refractivity contribution is 0.0114. The second-order valence-electron chi connectivity index (χ2n) is 8.91. The molecule has 2 aliphatic rings. The molecule has 1 nitrogen and oxygen atoms in total. The van der Waals surface area contributed by atoms with Gasteiger partial charge in [-0.3, -0.25) is 4.79 Å². The summed E-state index contributed by atoms with van der Waals surface area (Å²) in [5.74, 6) is 1.98. The molecule has 1 heteroatoms. The fourth-order valence-electron chi connectivity index (χ4n) is 6.13. The van der Waals surface area contributed by atoms with E-state index in [9.17, 15) is 4.79 Å². The number of benzene rings is 1. The number of hydrogen-bond donors (Lipinski definition) is 0. The summed E-state index contributed by atoms with van der Waals surface area (Å²) < 4.78 is 0. The van der Waals surface area contributed by atoms with Crippen molar-refractivity contribution in [1.29, 1.82) is 0 Å². The summed E-state index contributed by atoms with van der Waals surface area (Å²) in [7, 11) is 0. The molecule has 2 aliphatic carbocycles. The lowest BCUT2D eigenvalue weighted by atomic mass is 9.51. The summed E-state index contributed by atoms with van der Waals surface area (Å²) in [4.78, 5) is 12.4. The lowest BCUT2D eigenvalue weighted by Crippen LogP contribution is -2.42. The maximum absolute atomic E-state index is 12.4. The Morgan fingerprint density at radius 1 is 0.962 bits per heavy atom. The van der Waals surface area contributed by atoms with Gasteiger partial charge in [-0.2, -0.15) is 0 Å². The van der Waals surface area contributed by atoms with Crippen molar-refractivity contribution in [3.8, 4) is 0 Å². The Hall–Kier alpha value is -1.11. The first-order valence-electron chi connectivity index (χ1n) is 11.3. The predicted molar refractivity (Wildman–Crippen MR) is 111 cm³/mol. The van der Waals surface area contributed by atoms with Crippen LogP contribution in [0.5, 0.6) is 0 Å². The zero-order valence-electron chi connectivity index (χ0n) is 17.1. The topological polar surface area (TPSA) is 17.1 Å². The zero-order valence-corrected chi connectivity index (χ0v) is 17.1. The maximum Gasteiger partial charge on any atom is 0.162 e. The summed E-state index contributed by atoms with van der Waals surface area (Å²) in [6.45, 7) is 4.55. The summed E-state index contributed by atoms with van der Waals surface area (Å²) in [6.07, 6.45) is 16.7. The molecule has 26 heavy (non-hydrogen) atoms. The maximum atomic E-state index is 12.4. The molecule has 3 atom stereocenters. The van der Waals surface area contributed by atoms with Crippen LogP contribution in [0.2, 0.25) is 0 Å². The SMILES string of the molecule is CCCCCC(=O)c1ccc(C2CCC[C@H]3CCCC[C@]23CCC)cc1. The highest BCUT2D eigenvalue weighted by molar-refractivity contribution is 5.96. The molecule has 0 radical (unpaired) electrons. The van der Waals surface area contributed by atoms with Gasteiger partial charge in [-0.1, -0.05) is 76.6 Å². The van der Waals surface area contributed by atoms with Crippen molar-refractivity contribution in [2.24, 2.45) is 11.3 Å². The van der Waals surface area contributed by atoms with E-state index in [0.29, 0.717) is 23.5 Å². The van der Waals surface area contributed by atoms with Crippen LogP contribution in [-0.4, -0.2) is 5.78 Å². The van der Waals surface area contributed by atoms with E-state index >= 15 is 0 Å². The van der Waals surface area contributed by atoms with E-state index in [-0.39, 0.29) is 0 Å². The van der Waals surface area contributed by atoms with E-state index in [0.717, 1.165) is 24.3 Å². The van der Waals surface area contributed by atoms with Crippen LogP contribution in [-0.2, 0) is 0 Å². The van der Waals surface area contributed by atoms with Crippen molar-refractivity contribution in [2.45, 2.75) is 103 Å². The fourth-order valence-corrected chi connectivity index (χ4v) is 6.13. The number of carbonyl (C=O) groups is 1. The van der Waals surface area contributed by atoms with Crippen molar-refractivity contribution in [3.63, 3.8) is 0 Å². The molecule has 0 saturated heterocycles. The predicted octanol–water partition coefficient (Wildman–Crippen LogP) is 7.69. The molecule has 0 N–H and O–H groups in total. The van der Waals surface area contributed by atoms with Gasteiger partial charge >= 0.3 is 0 Å². The minimum atomic E-state index is 0.326. The Balaban J connectivity index is 1.77. The third-order valence-electron chi connectivity index (χ3n) is 7.36. The number of ketones is 1. The first-order chi connectivity index (χ1) is 12.7. The molecular formula is C25H38O. The van der Waals surface area contributed by atoms with E-state index in [1.54, 1.807) is 0 Å². The number of fused-ring (bicyclic) bond motifs is 1. The van der Waals surface area contributed by atoms with Crippen LogP contribution in [0.4, 0.5) is 0 Å². The molecule has 144 valence electrons. The molecule has 3 rings (SSSR count). The monoisotopic (exact) mass is 354 g/mol. The molecular weight excluding hydrogens is 316 g/mol. The van der Waals surface area contributed by atoms with Crippen molar-refractivity contribution in [2.75, 3.05) is 0 Å². The van der Waals surface area contributed by atoms with Gasteiger partial charge in [0.1, 0.15) is 0 Å². The minimum absolute atomic E-state index is 0.326. The van der Waals surface area contributed by atoms with Crippen LogP contribution >= 0.6 is 0 Å². The molecule has 1 aromatic rings. The summed E-state index contributed by atoms with van der Waals surface area (Å²) in [6, 6.07) is 8.84. The highest BCUT2D eigenvalue weighted by atomic mass is 16.1. The molecule has 2 fully saturated rings. The van der Waals surface area contributed by atoms with Crippen molar-refractivity contribution < 1.29 is 4.79 Å². The molecule has 0 aromatic heterocycles. The number of Topliss-reactive ketones (excluding diaryl/α,β-unsaturated/α-hetero) is 1. The van der Waals surface area contributed by atoms with Gasteiger partial charge in [-0.05, 0) is 61.3 Å². The molecule has 0 heterocycles. The minimum Gasteiger partial charge on any atom is -0.294 e. The summed E-state index contributed by atoms with van der Waals surface area (Å²) >= 11 is 0. The summed E-state index contributed by atoms with van der Waals surface area (Å²) in [5.41, 5.74) is 2.97. The average Bonchev–Trinajstić information content (AvgIpc) is 2.68. The molecule has 2 saturated carbocycles. The van der Waals surface area contributed by atoms with Crippen molar-refractivity contribution >= 4 is 5.78 Å². The molecule has 0 aliphatic heterocycles. The fraction of sp³-hybridized carbons (Fsp3) is 0.720. The Morgan fingerprint density at radius 3 is 2.46 bits per heavy atom. The normalized spacial score (nSPS) is 28.5. The van der Waals surface area contributed by atoms with Crippen LogP contribution in [0.3, 0.4) is 0 Å². The quantitative estimate of drug-likeness (QED) is 0.345. The third-order valence-corrected chi connectivity index (χ3v) is 7.36. The smallest absolute Gasteiger partial charge is 0.162 e. The Morgan fingerprint density at radius 2 is 1.73 bits per heavy atom. The van der Waals surface area contributed by atoms with Crippen LogP contribution in [0.1, 0.15) is 119 Å². The molecule has 0 bridgehead atoms. The number of carbonyl (C=O) groups excluding carboxylic acids is 1. The second-order valence-corrected chi connectivity index (χ2v) is 8.91. The van der Waals surface area contributed by atoms with E-state index in [2.05, 4.69) is 38.1 Å². The van der Waals surface area contributed by atoms with Gasteiger partial charge in [0.15, 0.2) is 5.78 Å². The molecule has 1 aromatic carbocycles. The molecule has 0 spiro atoms. The van der Waals surface area contributed by atoms with Crippen LogP contribution < -0.4 is 0 Å². The number of rotatable bonds is 8. The van der Waals surface area contributed by atoms with Gasteiger partial charge in [-0.15, -0.1) is 0 Å². The first kappa shape index (κ1) is 19.6. The first-order valence-corrected chi connectivity index (χ1v) is 11.3. The second kappa shape index (κ2) is 9.20. The zero-order chi connectivity index (χ0) is 18.4. The van der Waals surface area contributed by atoms with Gasteiger partial charge in [0, 0.05) is 12.0 Å². The Kier molecular flexibility index (Phi) is 6.95. The van der Waals surface area contributed by atoms with E-state index < -0.39 is 0 Å². The largest absolute Gasteiger partial charge is 0.294 e. The Labute approximate surface area is 161 Å². The number of unbranched alkanes of at least 4 members (excludes halogenated alkanes) is 2. The third kappa shape index (κ3) is 4.07. The molecule has 1 unspecified atom stereocenters. The van der Waals surface area contributed by atoms with Gasteiger partial charge < -0.3 is 0 Å².